The molecule has 0 unspecified atom stereocenters. The van der Waals surface area contributed by atoms with Crippen molar-refractivity contribution in [2.75, 3.05) is 25.0 Å². The maximum absolute atomic E-state index is 4.07. The van der Waals surface area contributed by atoms with Crippen molar-refractivity contribution < 1.29 is 0 Å². The summed E-state index contributed by atoms with van der Waals surface area (Å²) in [5.74, 6) is 0.816. The summed E-state index contributed by atoms with van der Waals surface area (Å²) in [7, 11) is 0. The summed E-state index contributed by atoms with van der Waals surface area (Å²) in [5.41, 5.74) is 1.13. The van der Waals surface area contributed by atoms with Gasteiger partial charge in [0.25, 0.3) is 0 Å². The maximum atomic E-state index is 4.07. The fraction of sp³-hybridized carbons (Fsp3) is 0.545. The van der Waals surface area contributed by atoms with Crippen molar-refractivity contribution in [3.05, 3.63) is 24.5 Å². The molecule has 0 bridgehead atoms. The van der Waals surface area contributed by atoms with Gasteiger partial charge in [-0.2, -0.15) is 0 Å². The van der Waals surface area contributed by atoms with Crippen LogP contribution in [0, 0.1) is 5.92 Å². The lowest BCUT2D eigenvalue weighted by molar-refractivity contribution is 0.390. The van der Waals surface area contributed by atoms with Crippen molar-refractivity contribution in [3.63, 3.8) is 0 Å². The Morgan fingerprint density at radius 1 is 1.43 bits per heavy atom. The molecule has 0 amide bonds. The molecule has 0 atom stereocenters. The number of rotatable bonds is 3. The Morgan fingerprint density at radius 3 is 3.00 bits per heavy atom. The number of piperidine rings is 1. The highest BCUT2D eigenvalue weighted by Crippen LogP contribution is 2.12. The zero-order chi connectivity index (χ0) is 9.64. The molecule has 76 valence electrons. The lowest BCUT2D eigenvalue weighted by Gasteiger charge is -2.23. The Balaban J connectivity index is 1.76. The molecule has 1 aliphatic heterocycles. The van der Waals surface area contributed by atoms with E-state index >= 15 is 0 Å². The smallest absolute Gasteiger partial charge is 0.0526 e. The van der Waals surface area contributed by atoms with Crippen molar-refractivity contribution >= 4 is 5.69 Å². The first-order chi connectivity index (χ1) is 6.95. The molecule has 2 N–H and O–H groups in total. The molecule has 0 spiro atoms. The van der Waals surface area contributed by atoms with E-state index in [0.717, 1.165) is 18.2 Å². The third-order valence-corrected chi connectivity index (χ3v) is 2.72. The Kier molecular flexibility index (Phi) is 3.35. The van der Waals surface area contributed by atoms with Crippen molar-refractivity contribution in [3.8, 4) is 0 Å². The van der Waals surface area contributed by atoms with Gasteiger partial charge in [-0.05, 0) is 44.0 Å². The molecule has 3 nitrogen and oxygen atoms in total. The van der Waals surface area contributed by atoms with Gasteiger partial charge in [-0.3, -0.25) is 4.98 Å². The topological polar surface area (TPSA) is 37.0 Å². The quantitative estimate of drug-likeness (QED) is 0.760. The zero-order valence-electron chi connectivity index (χ0n) is 8.37. The fourth-order valence-corrected chi connectivity index (χ4v) is 1.82. The summed E-state index contributed by atoms with van der Waals surface area (Å²) in [4.78, 5) is 4.07. The molecule has 2 heterocycles. The highest BCUT2D eigenvalue weighted by molar-refractivity contribution is 5.39. The van der Waals surface area contributed by atoms with Crippen LogP contribution in [0.15, 0.2) is 24.5 Å². The van der Waals surface area contributed by atoms with E-state index in [1.807, 2.05) is 12.3 Å². The number of hydrogen-bond donors (Lipinski definition) is 2. The summed E-state index contributed by atoms with van der Waals surface area (Å²) in [5, 5.41) is 6.80. The molecular formula is C11H17N3. The summed E-state index contributed by atoms with van der Waals surface area (Å²) in [6, 6.07) is 4.03. The van der Waals surface area contributed by atoms with Gasteiger partial charge in [0.05, 0.1) is 5.69 Å². The van der Waals surface area contributed by atoms with Crippen molar-refractivity contribution in [2.45, 2.75) is 12.8 Å². The van der Waals surface area contributed by atoms with Crippen LogP contribution in [-0.4, -0.2) is 24.6 Å². The largest absolute Gasteiger partial charge is 0.384 e. The molecule has 1 saturated heterocycles. The second kappa shape index (κ2) is 4.96. The van der Waals surface area contributed by atoms with Gasteiger partial charge >= 0.3 is 0 Å². The van der Waals surface area contributed by atoms with E-state index in [4.69, 9.17) is 0 Å². The van der Waals surface area contributed by atoms with Crippen LogP contribution in [0.3, 0.4) is 0 Å². The van der Waals surface area contributed by atoms with Crippen LogP contribution >= 0.6 is 0 Å². The Hall–Kier alpha value is -1.09. The molecule has 1 aliphatic rings. The first-order valence-corrected chi connectivity index (χ1v) is 5.30. The van der Waals surface area contributed by atoms with E-state index in [1.165, 1.54) is 25.9 Å². The van der Waals surface area contributed by atoms with E-state index in [9.17, 15) is 0 Å². The van der Waals surface area contributed by atoms with E-state index in [-0.39, 0.29) is 0 Å². The molecule has 1 aromatic rings. The number of pyridine rings is 1. The van der Waals surface area contributed by atoms with Gasteiger partial charge in [-0.1, -0.05) is 0 Å². The van der Waals surface area contributed by atoms with E-state index < -0.39 is 0 Å². The number of nitrogens with zero attached hydrogens (tertiary/aromatic N) is 1. The van der Waals surface area contributed by atoms with Gasteiger partial charge in [-0.25, -0.2) is 0 Å². The first-order valence-electron chi connectivity index (χ1n) is 5.30. The van der Waals surface area contributed by atoms with Crippen LogP contribution in [0.25, 0.3) is 0 Å². The Bertz CT molecular complexity index is 254. The molecule has 14 heavy (non-hydrogen) atoms. The summed E-state index contributed by atoms with van der Waals surface area (Å²) in [6.45, 7) is 3.41. The van der Waals surface area contributed by atoms with Crippen molar-refractivity contribution in [1.29, 1.82) is 0 Å². The van der Waals surface area contributed by atoms with Gasteiger partial charge in [-0.15, -0.1) is 0 Å². The molecule has 0 aliphatic carbocycles. The second-order valence-electron chi connectivity index (χ2n) is 3.82. The fourth-order valence-electron chi connectivity index (χ4n) is 1.82. The van der Waals surface area contributed by atoms with Gasteiger partial charge in [0.2, 0.25) is 0 Å². The number of nitrogens with one attached hydrogen (secondary N) is 2. The molecule has 0 aromatic carbocycles. The minimum absolute atomic E-state index is 0.816. The average Bonchev–Trinajstić information content (AvgIpc) is 2.29. The predicted octanol–water partition coefficient (Wildman–Crippen LogP) is 1.49. The molecule has 0 radical (unpaired) electrons. The lowest BCUT2D eigenvalue weighted by atomic mass is 9.98. The summed E-state index contributed by atoms with van der Waals surface area (Å²) < 4.78 is 0. The highest BCUT2D eigenvalue weighted by Gasteiger charge is 2.11. The number of aromatic nitrogens is 1. The van der Waals surface area contributed by atoms with Gasteiger partial charge < -0.3 is 10.6 Å². The van der Waals surface area contributed by atoms with E-state index in [0.29, 0.717) is 0 Å². The molecule has 0 saturated carbocycles. The van der Waals surface area contributed by atoms with Crippen LogP contribution in [-0.2, 0) is 0 Å². The third-order valence-electron chi connectivity index (χ3n) is 2.72. The minimum atomic E-state index is 0.816. The SMILES string of the molecule is c1cncc(NCC2CCNCC2)c1. The molecule has 1 fully saturated rings. The first kappa shape index (κ1) is 9.46. The Labute approximate surface area is 84.9 Å². The van der Waals surface area contributed by atoms with Crippen LogP contribution < -0.4 is 10.6 Å². The minimum Gasteiger partial charge on any atom is -0.384 e. The zero-order valence-corrected chi connectivity index (χ0v) is 8.37. The van der Waals surface area contributed by atoms with Gasteiger partial charge in [0, 0.05) is 18.9 Å². The predicted molar refractivity (Wildman–Crippen MR) is 58.3 cm³/mol. The van der Waals surface area contributed by atoms with Gasteiger partial charge in [0.15, 0.2) is 0 Å². The number of hydrogen-bond acceptors (Lipinski definition) is 3. The molecule has 2 rings (SSSR count). The summed E-state index contributed by atoms with van der Waals surface area (Å²) in [6.07, 6.45) is 6.25. The van der Waals surface area contributed by atoms with Gasteiger partial charge in [0.1, 0.15) is 0 Å². The second-order valence-corrected chi connectivity index (χ2v) is 3.82. The van der Waals surface area contributed by atoms with Crippen molar-refractivity contribution in [2.24, 2.45) is 5.92 Å². The van der Waals surface area contributed by atoms with E-state index in [1.54, 1.807) is 6.20 Å². The van der Waals surface area contributed by atoms with Crippen LogP contribution in [0.1, 0.15) is 12.8 Å². The van der Waals surface area contributed by atoms with Crippen LogP contribution in [0.5, 0.6) is 0 Å². The van der Waals surface area contributed by atoms with E-state index in [2.05, 4.69) is 21.7 Å². The average molecular weight is 191 g/mol. The van der Waals surface area contributed by atoms with Crippen LogP contribution in [0.2, 0.25) is 0 Å². The third kappa shape index (κ3) is 2.70. The molecule has 3 heteroatoms. The molecular weight excluding hydrogens is 174 g/mol. The summed E-state index contributed by atoms with van der Waals surface area (Å²) >= 11 is 0. The number of anilines is 1. The van der Waals surface area contributed by atoms with Crippen LogP contribution in [0.4, 0.5) is 5.69 Å². The standard InChI is InChI=1S/C11H17N3/c1-2-11(9-13-5-1)14-8-10-3-6-12-7-4-10/h1-2,5,9-10,12,14H,3-4,6-8H2. The van der Waals surface area contributed by atoms with Crippen molar-refractivity contribution in [1.82, 2.24) is 10.3 Å². The highest BCUT2D eigenvalue weighted by atomic mass is 14.9. The normalized spacial score (nSPS) is 18.0. The maximum Gasteiger partial charge on any atom is 0.0526 e. The molecule has 1 aromatic heterocycles. The Morgan fingerprint density at radius 2 is 2.29 bits per heavy atom. The lowest BCUT2D eigenvalue weighted by Crippen LogP contribution is -2.31. The monoisotopic (exact) mass is 191 g/mol.